The van der Waals surface area contributed by atoms with Crippen LogP contribution in [0.4, 0.5) is 8.78 Å². The molecule has 2 aromatic carbocycles. The van der Waals surface area contributed by atoms with E-state index in [9.17, 15) is 8.78 Å². The molecule has 2 rings (SSSR count). The Hall–Kier alpha value is -2.15. The number of amidine groups is 1. The van der Waals surface area contributed by atoms with Crippen molar-refractivity contribution in [3.8, 4) is 5.75 Å². The maximum absolute atomic E-state index is 13.9. The summed E-state index contributed by atoms with van der Waals surface area (Å²) in [5, 5.41) is 11.3. The molecule has 7 heteroatoms. The van der Waals surface area contributed by atoms with Gasteiger partial charge in [0.2, 0.25) is 0 Å². The molecule has 0 bridgehead atoms. The fraction of sp³-hybridized carbons (Fsp3) is 0.0714. The summed E-state index contributed by atoms with van der Waals surface area (Å²) in [7, 11) is 0. The van der Waals surface area contributed by atoms with Gasteiger partial charge in [-0.2, -0.15) is 0 Å². The standard InChI is InChI=1S/C14H11BrF2N2O2/c15-10-3-4-11(16)13(6-10)21-7-9-2-1-8(5-12(9)17)14(18)19-20/h1-6,20H,7H2,(H2,18,19). The van der Waals surface area contributed by atoms with E-state index >= 15 is 0 Å². The predicted octanol–water partition coefficient (Wildman–Crippen LogP) is 3.40. The molecule has 0 aliphatic rings. The van der Waals surface area contributed by atoms with Gasteiger partial charge in [-0.3, -0.25) is 0 Å². The van der Waals surface area contributed by atoms with E-state index in [1.54, 1.807) is 0 Å². The third-order valence-corrected chi connectivity index (χ3v) is 3.23. The number of ether oxygens (including phenoxy) is 1. The first kappa shape index (κ1) is 15.2. The molecule has 0 radical (unpaired) electrons. The summed E-state index contributed by atoms with van der Waals surface area (Å²) < 4.78 is 33.3. The fourth-order valence-corrected chi connectivity index (χ4v) is 1.96. The van der Waals surface area contributed by atoms with Crippen LogP contribution in [0.2, 0.25) is 0 Å². The number of nitrogens with two attached hydrogens (primary N) is 1. The van der Waals surface area contributed by atoms with E-state index in [-0.39, 0.29) is 29.3 Å². The summed E-state index contributed by atoms with van der Waals surface area (Å²) in [6.07, 6.45) is 0. The van der Waals surface area contributed by atoms with Gasteiger partial charge < -0.3 is 15.7 Å². The second-order valence-corrected chi connectivity index (χ2v) is 5.07. The van der Waals surface area contributed by atoms with Crippen LogP contribution in [0, 0.1) is 11.6 Å². The van der Waals surface area contributed by atoms with Crippen LogP contribution in [-0.2, 0) is 6.61 Å². The van der Waals surface area contributed by atoms with Crippen molar-refractivity contribution in [2.75, 3.05) is 0 Å². The first-order valence-corrected chi connectivity index (χ1v) is 6.64. The van der Waals surface area contributed by atoms with Crippen molar-refractivity contribution in [3.05, 3.63) is 63.6 Å². The number of oxime groups is 1. The summed E-state index contributed by atoms with van der Waals surface area (Å²) in [5.41, 5.74) is 5.83. The summed E-state index contributed by atoms with van der Waals surface area (Å²) >= 11 is 3.20. The third kappa shape index (κ3) is 3.69. The molecule has 2 aromatic rings. The lowest BCUT2D eigenvalue weighted by atomic mass is 10.1. The molecule has 0 atom stereocenters. The van der Waals surface area contributed by atoms with E-state index in [2.05, 4.69) is 21.1 Å². The van der Waals surface area contributed by atoms with Gasteiger partial charge in [0, 0.05) is 15.6 Å². The molecule has 0 saturated heterocycles. The van der Waals surface area contributed by atoms with Gasteiger partial charge in [0.25, 0.3) is 0 Å². The SMILES string of the molecule is N/C(=N/O)c1ccc(COc2cc(Br)ccc2F)c(F)c1. The van der Waals surface area contributed by atoms with Crippen LogP contribution >= 0.6 is 15.9 Å². The van der Waals surface area contributed by atoms with Gasteiger partial charge in [-0.25, -0.2) is 8.78 Å². The average Bonchev–Trinajstić information content (AvgIpc) is 2.48. The molecule has 3 N–H and O–H groups in total. The molecule has 0 heterocycles. The quantitative estimate of drug-likeness (QED) is 0.381. The maximum atomic E-state index is 13.9. The number of benzene rings is 2. The third-order valence-electron chi connectivity index (χ3n) is 2.73. The molecule has 21 heavy (non-hydrogen) atoms. The zero-order chi connectivity index (χ0) is 15.4. The molecular formula is C14H11BrF2N2O2. The zero-order valence-corrected chi connectivity index (χ0v) is 12.3. The highest BCUT2D eigenvalue weighted by Gasteiger charge is 2.09. The van der Waals surface area contributed by atoms with Gasteiger partial charge in [-0.1, -0.05) is 33.2 Å². The second kappa shape index (κ2) is 6.53. The summed E-state index contributed by atoms with van der Waals surface area (Å²) in [6.45, 7) is -0.143. The summed E-state index contributed by atoms with van der Waals surface area (Å²) in [5.74, 6) is -1.30. The molecule has 0 spiro atoms. The minimum Gasteiger partial charge on any atom is -0.486 e. The molecule has 0 unspecified atom stereocenters. The Labute approximate surface area is 128 Å². The smallest absolute Gasteiger partial charge is 0.170 e. The Kier molecular flexibility index (Phi) is 4.74. The minimum absolute atomic E-state index is 0.0179. The Balaban J connectivity index is 2.15. The number of hydrogen-bond donors (Lipinski definition) is 2. The fourth-order valence-electron chi connectivity index (χ4n) is 1.62. The van der Waals surface area contributed by atoms with Crippen LogP contribution in [0.5, 0.6) is 5.75 Å². The number of hydrogen-bond acceptors (Lipinski definition) is 3. The monoisotopic (exact) mass is 356 g/mol. The van der Waals surface area contributed by atoms with Gasteiger partial charge in [0.1, 0.15) is 12.4 Å². The van der Waals surface area contributed by atoms with Crippen LogP contribution < -0.4 is 10.5 Å². The van der Waals surface area contributed by atoms with E-state index in [0.29, 0.717) is 4.47 Å². The normalized spacial score (nSPS) is 11.5. The summed E-state index contributed by atoms with van der Waals surface area (Å²) in [4.78, 5) is 0. The molecule has 4 nitrogen and oxygen atoms in total. The van der Waals surface area contributed by atoms with E-state index in [1.165, 1.54) is 30.3 Å². The highest BCUT2D eigenvalue weighted by atomic mass is 79.9. The average molecular weight is 357 g/mol. The van der Waals surface area contributed by atoms with Gasteiger partial charge in [-0.15, -0.1) is 0 Å². The Morgan fingerprint density at radius 2 is 1.95 bits per heavy atom. The lowest BCUT2D eigenvalue weighted by molar-refractivity contribution is 0.284. The zero-order valence-electron chi connectivity index (χ0n) is 10.7. The van der Waals surface area contributed by atoms with Crippen LogP contribution in [0.25, 0.3) is 0 Å². The van der Waals surface area contributed by atoms with Crippen LogP contribution in [-0.4, -0.2) is 11.0 Å². The van der Waals surface area contributed by atoms with Crippen LogP contribution in [0.3, 0.4) is 0 Å². The minimum atomic E-state index is -0.588. The molecule has 0 aromatic heterocycles. The highest BCUT2D eigenvalue weighted by Crippen LogP contribution is 2.23. The summed E-state index contributed by atoms with van der Waals surface area (Å²) in [6, 6.07) is 8.27. The largest absolute Gasteiger partial charge is 0.486 e. The lowest BCUT2D eigenvalue weighted by Gasteiger charge is -2.09. The number of halogens is 3. The van der Waals surface area contributed by atoms with Crippen molar-refractivity contribution in [2.45, 2.75) is 6.61 Å². The van der Waals surface area contributed by atoms with Crippen LogP contribution in [0.1, 0.15) is 11.1 Å². The van der Waals surface area contributed by atoms with Crippen molar-refractivity contribution >= 4 is 21.8 Å². The van der Waals surface area contributed by atoms with Gasteiger partial charge >= 0.3 is 0 Å². The lowest BCUT2D eigenvalue weighted by Crippen LogP contribution is -2.13. The van der Waals surface area contributed by atoms with Crippen molar-refractivity contribution < 1.29 is 18.7 Å². The first-order valence-electron chi connectivity index (χ1n) is 5.85. The van der Waals surface area contributed by atoms with E-state index < -0.39 is 11.6 Å². The topological polar surface area (TPSA) is 67.8 Å². The first-order chi connectivity index (χ1) is 10.0. The van der Waals surface area contributed by atoms with Gasteiger partial charge in [0.15, 0.2) is 17.4 Å². The van der Waals surface area contributed by atoms with Crippen molar-refractivity contribution in [2.24, 2.45) is 10.9 Å². The second-order valence-electron chi connectivity index (χ2n) is 4.15. The van der Waals surface area contributed by atoms with E-state index in [4.69, 9.17) is 15.7 Å². The molecule has 0 amide bonds. The molecule has 0 saturated carbocycles. The van der Waals surface area contributed by atoms with E-state index in [1.807, 2.05) is 0 Å². The van der Waals surface area contributed by atoms with Crippen LogP contribution in [0.15, 0.2) is 46.0 Å². The Morgan fingerprint density at radius 1 is 1.19 bits per heavy atom. The number of nitrogens with zero attached hydrogens (tertiary/aromatic N) is 1. The Morgan fingerprint density at radius 3 is 2.62 bits per heavy atom. The van der Waals surface area contributed by atoms with Gasteiger partial charge in [0.05, 0.1) is 0 Å². The molecule has 0 fully saturated rings. The molecule has 0 aliphatic heterocycles. The van der Waals surface area contributed by atoms with Crippen molar-refractivity contribution in [1.82, 2.24) is 0 Å². The molecule has 110 valence electrons. The maximum Gasteiger partial charge on any atom is 0.170 e. The Bertz CT molecular complexity index is 693. The predicted molar refractivity (Wildman–Crippen MR) is 77.3 cm³/mol. The molecule has 0 aliphatic carbocycles. The molecular weight excluding hydrogens is 346 g/mol. The number of rotatable bonds is 4. The van der Waals surface area contributed by atoms with Crippen molar-refractivity contribution in [1.29, 1.82) is 0 Å². The van der Waals surface area contributed by atoms with Crippen molar-refractivity contribution in [3.63, 3.8) is 0 Å². The highest BCUT2D eigenvalue weighted by molar-refractivity contribution is 9.10. The van der Waals surface area contributed by atoms with E-state index in [0.717, 1.165) is 6.07 Å². The van der Waals surface area contributed by atoms with Gasteiger partial charge in [-0.05, 0) is 24.3 Å².